The van der Waals surface area contributed by atoms with E-state index in [1.54, 1.807) is 12.3 Å². The van der Waals surface area contributed by atoms with E-state index >= 15 is 0 Å². The number of ether oxygens (including phenoxy) is 3. The Morgan fingerprint density at radius 3 is 3.08 bits per heavy atom. The first kappa shape index (κ1) is 16.4. The van der Waals surface area contributed by atoms with Gasteiger partial charge in [0.05, 0.1) is 38.2 Å². The van der Waals surface area contributed by atoms with Gasteiger partial charge < -0.3 is 25.3 Å². The zero-order valence-electron chi connectivity index (χ0n) is 13.5. The second kappa shape index (κ2) is 7.89. The van der Waals surface area contributed by atoms with Crippen LogP contribution >= 0.6 is 0 Å². The Morgan fingerprint density at radius 1 is 1.38 bits per heavy atom. The number of hydrogen-bond donors (Lipinski definition) is 2. The number of aromatic nitrogens is 3. The highest BCUT2D eigenvalue weighted by Gasteiger charge is 2.27. The van der Waals surface area contributed by atoms with Gasteiger partial charge in [0.25, 0.3) is 0 Å². The predicted octanol–water partition coefficient (Wildman–Crippen LogP) is 1.25. The van der Waals surface area contributed by atoms with Crippen molar-refractivity contribution in [1.29, 1.82) is 0 Å². The summed E-state index contributed by atoms with van der Waals surface area (Å²) in [5, 5.41) is 3.30. The van der Waals surface area contributed by atoms with Gasteiger partial charge in [0.15, 0.2) is 0 Å². The molecule has 0 saturated carbocycles. The second-order valence-electron chi connectivity index (χ2n) is 5.44. The molecule has 2 aromatic heterocycles. The van der Waals surface area contributed by atoms with Crippen molar-refractivity contribution in [3.8, 4) is 5.88 Å². The first-order chi connectivity index (χ1) is 11.7. The van der Waals surface area contributed by atoms with Gasteiger partial charge >= 0.3 is 0 Å². The highest BCUT2D eigenvalue weighted by atomic mass is 16.5. The van der Waals surface area contributed by atoms with Crippen LogP contribution in [0.2, 0.25) is 0 Å². The number of hydrogen-bond acceptors (Lipinski definition) is 8. The van der Waals surface area contributed by atoms with E-state index in [2.05, 4.69) is 20.3 Å². The summed E-state index contributed by atoms with van der Waals surface area (Å²) in [7, 11) is 1.54. The Balaban J connectivity index is 1.65. The Kier molecular flexibility index (Phi) is 5.39. The number of nitrogens with zero attached hydrogens (tertiary/aromatic N) is 3. The fraction of sp³-hybridized carbons (Fsp3) is 0.438. The van der Waals surface area contributed by atoms with Crippen molar-refractivity contribution in [3.63, 3.8) is 0 Å². The summed E-state index contributed by atoms with van der Waals surface area (Å²) in [5.74, 6) is 1.15. The molecule has 2 atom stereocenters. The zero-order chi connectivity index (χ0) is 16.8. The summed E-state index contributed by atoms with van der Waals surface area (Å²) in [6.45, 7) is 1.65. The number of nitrogens with one attached hydrogen (secondary N) is 1. The van der Waals surface area contributed by atoms with E-state index < -0.39 is 0 Å². The number of pyridine rings is 1. The number of anilines is 2. The SMILES string of the molecule is COc1cc(N[C@@H]2COCC[C@H]2OCc2ccccn2)nc(N)n1. The smallest absolute Gasteiger partial charge is 0.225 e. The summed E-state index contributed by atoms with van der Waals surface area (Å²) < 4.78 is 16.7. The lowest BCUT2D eigenvalue weighted by Gasteiger charge is -2.32. The van der Waals surface area contributed by atoms with Gasteiger partial charge in [0.2, 0.25) is 11.8 Å². The molecule has 0 bridgehead atoms. The Bertz CT molecular complexity index is 655. The molecule has 128 valence electrons. The minimum absolute atomic E-state index is 0.0112. The van der Waals surface area contributed by atoms with Crippen LogP contribution in [0, 0.1) is 0 Å². The molecule has 8 heteroatoms. The van der Waals surface area contributed by atoms with Crippen LogP contribution in [-0.4, -0.2) is 47.4 Å². The van der Waals surface area contributed by atoms with Crippen LogP contribution in [0.25, 0.3) is 0 Å². The van der Waals surface area contributed by atoms with Crippen LogP contribution in [0.4, 0.5) is 11.8 Å². The maximum Gasteiger partial charge on any atom is 0.225 e. The maximum absolute atomic E-state index is 6.03. The van der Waals surface area contributed by atoms with Gasteiger partial charge in [-0.15, -0.1) is 0 Å². The molecule has 3 heterocycles. The van der Waals surface area contributed by atoms with Gasteiger partial charge in [-0.1, -0.05) is 6.07 Å². The minimum Gasteiger partial charge on any atom is -0.481 e. The average Bonchev–Trinajstić information content (AvgIpc) is 2.61. The van der Waals surface area contributed by atoms with Crippen LogP contribution in [0.5, 0.6) is 5.88 Å². The van der Waals surface area contributed by atoms with E-state index in [0.717, 1.165) is 12.1 Å². The lowest BCUT2D eigenvalue weighted by molar-refractivity contribution is -0.0487. The molecule has 0 unspecified atom stereocenters. The van der Waals surface area contributed by atoms with E-state index in [1.165, 1.54) is 7.11 Å². The molecule has 0 aromatic carbocycles. The van der Waals surface area contributed by atoms with Gasteiger partial charge in [0, 0.05) is 18.9 Å². The largest absolute Gasteiger partial charge is 0.481 e. The summed E-state index contributed by atoms with van der Waals surface area (Å²) in [5.41, 5.74) is 6.60. The normalized spacial score (nSPS) is 20.5. The van der Waals surface area contributed by atoms with Crippen molar-refractivity contribution in [2.75, 3.05) is 31.4 Å². The fourth-order valence-corrected chi connectivity index (χ4v) is 2.54. The molecule has 3 N–H and O–H groups in total. The second-order valence-corrected chi connectivity index (χ2v) is 5.44. The Morgan fingerprint density at radius 2 is 2.29 bits per heavy atom. The van der Waals surface area contributed by atoms with E-state index in [9.17, 15) is 0 Å². The molecule has 0 radical (unpaired) electrons. The third kappa shape index (κ3) is 4.30. The highest BCUT2D eigenvalue weighted by Crippen LogP contribution is 2.20. The number of methoxy groups -OCH3 is 1. The molecular weight excluding hydrogens is 310 g/mol. The predicted molar refractivity (Wildman–Crippen MR) is 88.7 cm³/mol. The molecule has 1 aliphatic rings. The van der Waals surface area contributed by atoms with Gasteiger partial charge in [-0.2, -0.15) is 9.97 Å². The van der Waals surface area contributed by atoms with E-state index in [1.807, 2.05) is 18.2 Å². The van der Waals surface area contributed by atoms with E-state index in [-0.39, 0.29) is 18.1 Å². The van der Waals surface area contributed by atoms with Gasteiger partial charge in [0.1, 0.15) is 5.82 Å². The third-order valence-electron chi connectivity index (χ3n) is 3.73. The molecule has 8 nitrogen and oxygen atoms in total. The molecule has 24 heavy (non-hydrogen) atoms. The summed E-state index contributed by atoms with van der Waals surface area (Å²) in [6, 6.07) is 7.43. The maximum atomic E-state index is 6.03. The van der Waals surface area contributed by atoms with Crippen LogP contribution in [0.1, 0.15) is 12.1 Å². The summed E-state index contributed by atoms with van der Waals surface area (Å²) >= 11 is 0. The number of rotatable bonds is 6. The molecular formula is C16H21N5O3. The van der Waals surface area contributed by atoms with E-state index in [0.29, 0.717) is 31.5 Å². The van der Waals surface area contributed by atoms with Crippen molar-refractivity contribution in [3.05, 3.63) is 36.2 Å². The number of nitrogens with two attached hydrogens (primary N) is 1. The lowest BCUT2D eigenvalue weighted by atomic mass is 10.1. The topological polar surface area (TPSA) is 104 Å². The van der Waals surface area contributed by atoms with Crippen LogP contribution < -0.4 is 15.8 Å². The molecule has 0 amide bonds. The quantitative estimate of drug-likeness (QED) is 0.815. The third-order valence-corrected chi connectivity index (χ3v) is 3.73. The molecule has 1 saturated heterocycles. The molecule has 0 spiro atoms. The van der Waals surface area contributed by atoms with Crippen molar-refractivity contribution in [2.24, 2.45) is 0 Å². The zero-order valence-corrected chi connectivity index (χ0v) is 13.5. The Hall–Kier alpha value is -2.45. The van der Waals surface area contributed by atoms with Gasteiger partial charge in [-0.05, 0) is 18.6 Å². The molecule has 1 fully saturated rings. The lowest BCUT2D eigenvalue weighted by Crippen LogP contribution is -2.44. The van der Waals surface area contributed by atoms with Gasteiger partial charge in [-0.3, -0.25) is 4.98 Å². The standard InChI is InChI=1S/C16H21N5O3/c1-22-15-8-14(20-16(17)21-15)19-12-10-23-7-5-13(12)24-9-11-4-2-3-6-18-11/h2-4,6,8,12-13H,5,7,9-10H2,1H3,(H3,17,19,20,21)/t12-,13-/m1/s1. The van der Waals surface area contributed by atoms with Crippen LogP contribution in [0.3, 0.4) is 0 Å². The van der Waals surface area contributed by atoms with Crippen molar-refractivity contribution < 1.29 is 14.2 Å². The monoisotopic (exact) mass is 331 g/mol. The summed E-state index contributed by atoms with van der Waals surface area (Å²) in [4.78, 5) is 12.4. The first-order valence-electron chi connectivity index (χ1n) is 7.79. The average molecular weight is 331 g/mol. The number of nitrogen functional groups attached to an aromatic ring is 1. The fourth-order valence-electron chi connectivity index (χ4n) is 2.54. The Labute approximate surface area is 140 Å². The highest BCUT2D eigenvalue weighted by molar-refractivity contribution is 5.43. The van der Waals surface area contributed by atoms with Crippen LogP contribution in [0.15, 0.2) is 30.5 Å². The van der Waals surface area contributed by atoms with E-state index in [4.69, 9.17) is 19.9 Å². The molecule has 2 aromatic rings. The molecule has 3 rings (SSSR count). The summed E-state index contributed by atoms with van der Waals surface area (Å²) in [6.07, 6.45) is 2.54. The molecule has 1 aliphatic heterocycles. The minimum atomic E-state index is -0.0403. The molecule has 0 aliphatic carbocycles. The van der Waals surface area contributed by atoms with Crippen molar-refractivity contribution in [1.82, 2.24) is 15.0 Å². The van der Waals surface area contributed by atoms with Gasteiger partial charge in [-0.25, -0.2) is 0 Å². The van der Waals surface area contributed by atoms with Crippen LogP contribution in [-0.2, 0) is 16.1 Å². The first-order valence-corrected chi connectivity index (χ1v) is 7.79. The van der Waals surface area contributed by atoms with Crippen molar-refractivity contribution in [2.45, 2.75) is 25.2 Å². The van der Waals surface area contributed by atoms with Crippen molar-refractivity contribution >= 4 is 11.8 Å².